The number of hydrogen-bond acceptors (Lipinski definition) is 31. The van der Waals surface area contributed by atoms with Crippen molar-refractivity contribution in [3.8, 4) is 17.2 Å². The number of carboxylic acid groups (broad SMARTS) is 3. The molecule has 1 aliphatic rings. The Kier molecular flexibility index (Phi) is 51.3. The van der Waals surface area contributed by atoms with Crippen molar-refractivity contribution in [1.29, 1.82) is 10.8 Å². The van der Waals surface area contributed by atoms with Gasteiger partial charge in [-0.15, -0.1) is 0 Å². The number of aliphatic hydroxyl groups excluding tert-OH is 1. The summed E-state index contributed by atoms with van der Waals surface area (Å²) in [6.07, 6.45) is -5.94. The molecule has 147 heavy (non-hydrogen) atoms. The summed E-state index contributed by atoms with van der Waals surface area (Å²) in [4.78, 5) is 264. The first-order valence-corrected chi connectivity index (χ1v) is 48.5. The van der Waals surface area contributed by atoms with Gasteiger partial charge in [0.15, 0.2) is 11.9 Å². The summed E-state index contributed by atoms with van der Waals surface area (Å²) in [5.74, 6) is -24.3. The number of phenolic OH excluding ortho intramolecular Hbond substituents is 3. The zero-order chi connectivity index (χ0) is 109. The van der Waals surface area contributed by atoms with E-state index in [0.29, 0.717) is 24.0 Å². The fourth-order valence-electron chi connectivity index (χ4n) is 15.0. The molecule has 0 radical (unpaired) electrons. The van der Waals surface area contributed by atoms with Crippen LogP contribution < -0.4 is 119 Å². The van der Waals surface area contributed by atoms with E-state index in [1.165, 1.54) is 77.7 Å². The molecular formula is C93H129N25O26S3. The smallest absolute Gasteiger partial charge is 0.326 e. The van der Waals surface area contributed by atoms with E-state index in [2.05, 4.69) is 128 Å². The number of amides is 16. The van der Waals surface area contributed by atoms with E-state index in [4.69, 9.17) is 39.5 Å². The Bertz CT molecular complexity index is 5350. The minimum Gasteiger partial charge on any atom is -0.508 e. The molecule has 0 saturated carbocycles. The molecule has 54 heteroatoms. The van der Waals surface area contributed by atoms with Gasteiger partial charge in [-0.3, -0.25) is 102 Å². The number of likely N-dealkylation sites (tertiary alicyclic amines) is 1. The average Bonchev–Trinajstić information content (AvgIpc) is 1.70. The minimum absolute atomic E-state index is 0.0277. The van der Waals surface area contributed by atoms with Crippen molar-refractivity contribution >= 4 is 162 Å². The fraction of sp³-hybridized carbons (Fsp3) is 0.452. The lowest BCUT2D eigenvalue weighted by Crippen LogP contribution is -2.62. The number of phenols is 3. The average molecular weight is 2110 g/mol. The molecule has 51 nitrogen and oxygen atoms in total. The van der Waals surface area contributed by atoms with Gasteiger partial charge in [-0.25, -0.2) is 4.79 Å². The number of guanidine groups is 2. The van der Waals surface area contributed by atoms with E-state index < -0.39 is 273 Å². The number of carbonyl (C=O) groups is 19. The summed E-state index contributed by atoms with van der Waals surface area (Å²) in [6.45, 7) is -1.53. The fourth-order valence-corrected chi connectivity index (χ4v) is 15.7. The number of nitrogens with two attached hydrogens (primary N) is 5. The normalized spacial score (nSPS) is 15.1. The van der Waals surface area contributed by atoms with Crippen LogP contribution in [0.3, 0.4) is 0 Å². The first kappa shape index (κ1) is 121. The Balaban J connectivity index is 1.17. The van der Waals surface area contributed by atoms with Gasteiger partial charge >= 0.3 is 17.9 Å². The van der Waals surface area contributed by atoms with Crippen LogP contribution in [0.1, 0.15) is 105 Å². The van der Waals surface area contributed by atoms with E-state index in [1.54, 1.807) is 60.7 Å². The maximum absolute atomic E-state index is 15.0. The molecule has 1 unspecified atom stereocenters. The summed E-state index contributed by atoms with van der Waals surface area (Å²) in [6, 6.07) is 7.86. The van der Waals surface area contributed by atoms with Crippen LogP contribution in [0.15, 0.2) is 133 Å². The summed E-state index contributed by atoms with van der Waals surface area (Å²) < 4.78 is 0. The number of hydrogen-bond donors (Lipinski definition) is 34. The Morgan fingerprint density at radius 3 is 1.14 bits per heavy atom. The largest absolute Gasteiger partial charge is 0.508 e. The molecule has 0 aromatic heterocycles. The van der Waals surface area contributed by atoms with Crippen molar-refractivity contribution in [2.24, 2.45) is 28.7 Å². The number of aliphatic hydroxyl groups is 1. The summed E-state index contributed by atoms with van der Waals surface area (Å²) >= 11 is 12.6. The standard InChI is InChI=1S/C93H129N25O26S3/c94-32-8-7-16-58(80(132)112-63(37-50-14-5-2-6-15-50)83(135)117-70(48-147)88(140)108-59(17-9-33-101-92(97)98)90(142)118-35-11-19-71(118)89(141)109-60(91(143)144)18-10-34-102-93(99)100)107-84(136)66(41-72(96)122)115-87(139)69(47-146)106-74(124)45-103-78(130)61(36-49-12-3-1-4-13-49)105-73(123)44-104-79(131)62(38-51-20-26-54(119)27-21-51)111-81(133)64(39-52-22-28-55(120)29-23-52)113-82(134)65(40-53-24-30-56(121)31-25-53)114-86(138)68(43-76(127)128)116-85(137)67(42-75(125)126)110-77(129)57(95)46-145/h1-6,12-15,20-31,57-71,83,117,119-121,135,145-147H,7-11,16-19,32-48,94-95H2,(H2,96,122)(H,103,130)(H,104,131)(H,105,123)(H,106,124)(H,107,136)(H,108,140)(H,109,141)(H,110,129)(H,111,133)(H,112,132)(H,113,134)(H,114,138)(H,115,139)(H,116,137)(H,125,126)(H,127,128)(H,143,144)(H4,97,98,101)(H4,99,100,102)/t57-,58-,59-,60-,61-,62-,63-,64-,65-,66-,67-,68-,69-,70-,71-,83?/m0/s1. The summed E-state index contributed by atoms with van der Waals surface area (Å²) in [7, 11) is 0. The van der Waals surface area contributed by atoms with E-state index in [9.17, 15) is 127 Å². The third kappa shape index (κ3) is 43.4. The van der Waals surface area contributed by atoms with Crippen LogP contribution in [-0.4, -0.2) is 318 Å². The van der Waals surface area contributed by atoms with Crippen LogP contribution in [0.2, 0.25) is 0 Å². The number of carbonyl (C=O) groups excluding carboxylic acids is 16. The molecule has 1 heterocycles. The first-order valence-electron chi connectivity index (χ1n) is 46.6. The third-order valence-corrected chi connectivity index (χ3v) is 23.9. The number of unbranched alkanes of at least 4 members (excludes halogenated alkanes) is 1. The maximum atomic E-state index is 15.0. The molecule has 5 aromatic carbocycles. The lowest BCUT2D eigenvalue weighted by molar-refractivity contribution is -0.145. The molecule has 0 bridgehead atoms. The maximum Gasteiger partial charge on any atom is 0.326 e. The van der Waals surface area contributed by atoms with Crippen LogP contribution in [0.25, 0.3) is 0 Å². The number of aromatic hydroxyl groups is 3. The molecule has 16 amide bonds. The number of nitrogens with one attached hydrogen (secondary N) is 19. The van der Waals surface area contributed by atoms with E-state index in [0.717, 1.165) is 0 Å². The Hall–Kier alpha value is -15.1. The second kappa shape index (κ2) is 62.5. The van der Waals surface area contributed by atoms with Gasteiger partial charge in [-0.2, -0.15) is 37.9 Å². The van der Waals surface area contributed by atoms with Gasteiger partial charge in [0, 0.05) is 62.6 Å². The van der Waals surface area contributed by atoms with Gasteiger partial charge < -0.3 is 154 Å². The molecular weight excluding hydrogens is 1980 g/mol. The third-order valence-electron chi connectivity index (χ3n) is 22.7. The molecule has 0 aliphatic carbocycles. The lowest BCUT2D eigenvalue weighted by Gasteiger charge is -2.32. The lowest BCUT2D eigenvalue weighted by atomic mass is 10.0. The Morgan fingerprint density at radius 2 is 0.728 bits per heavy atom. The zero-order valence-corrected chi connectivity index (χ0v) is 82.6. The van der Waals surface area contributed by atoms with Gasteiger partial charge in [-0.1, -0.05) is 97.1 Å². The molecule has 6 rings (SSSR count). The molecule has 800 valence electrons. The highest BCUT2D eigenvalue weighted by molar-refractivity contribution is 7.80. The number of aliphatic carboxylic acids is 3. The summed E-state index contributed by atoms with van der Waals surface area (Å²) in [5.41, 5.74) is 29.8. The van der Waals surface area contributed by atoms with Crippen LogP contribution in [-0.2, 0) is 123 Å². The zero-order valence-electron chi connectivity index (χ0n) is 79.9. The van der Waals surface area contributed by atoms with Gasteiger partial charge in [-0.05, 0) is 135 Å². The van der Waals surface area contributed by atoms with Crippen LogP contribution >= 0.6 is 37.9 Å². The number of benzene rings is 5. The van der Waals surface area contributed by atoms with Gasteiger partial charge in [0.25, 0.3) is 0 Å². The molecule has 1 aliphatic heterocycles. The topological polar surface area (TPSA) is 851 Å². The number of rotatable bonds is 64. The van der Waals surface area contributed by atoms with Gasteiger partial charge in [0.05, 0.1) is 50.5 Å². The predicted molar refractivity (Wildman–Crippen MR) is 539 cm³/mol. The molecule has 36 N–H and O–H groups in total. The highest BCUT2D eigenvalue weighted by Gasteiger charge is 2.42. The molecule has 1 saturated heterocycles. The highest BCUT2D eigenvalue weighted by atomic mass is 32.1. The van der Waals surface area contributed by atoms with Crippen molar-refractivity contribution < 1.29 is 127 Å². The van der Waals surface area contributed by atoms with Crippen molar-refractivity contribution in [1.82, 2.24) is 95.3 Å². The Labute approximate surface area is 860 Å². The molecule has 5 aromatic rings. The number of primary amides is 1. The van der Waals surface area contributed by atoms with Crippen molar-refractivity contribution in [2.45, 2.75) is 206 Å². The SMILES string of the molecule is N=C(N)NCCC[C@H](NC(=O)[C@@H]1CCCN1C(=O)[C@H](CCCNC(=N)N)NC(=O)[C@H](CS)NC(O)[C@H](Cc1ccccc1)NC(=O)[C@H](CCCCN)NC(=O)[C@H](CC(N)=O)NC(=O)[C@H](CS)NC(=O)CNC(=O)[C@H](Cc1ccccc1)NC(=O)CNC(=O)[C@H](Cc1ccc(O)cc1)NC(=O)[C@H](Cc1ccc(O)cc1)NC(=O)[C@H](Cc1ccc(O)cc1)NC(=O)[C@H](CC(=O)O)NC(=O)[C@H](CC(=O)O)NC(=O)[C@@H](N)CS)C(=O)O. The monoisotopic (exact) mass is 2110 g/mol. The quantitative estimate of drug-likeness (QED) is 0.00565. The first-order chi connectivity index (χ1) is 69.9. The second-order valence-corrected chi connectivity index (χ2v) is 35.4. The number of carboxylic acids is 3. The van der Waals surface area contributed by atoms with Crippen LogP contribution in [0, 0.1) is 10.8 Å². The second-order valence-electron chi connectivity index (χ2n) is 34.3. The number of thiol groups is 3. The van der Waals surface area contributed by atoms with Gasteiger partial charge in [0.2, 0.25) is 94.5 Å². The van der Waals surface area contributed by atoms with Crippen molar-refractivity contribution in [3.05, 3.63) is 161 Å². The predicted octanol–water partition coefficient (Wildman–Crippen LogP) is -7.68. The molecule has 16 atom stereocenters. The van der Waals surface area contributed by atoms with Crippen molar-refractivity contribution in [3.63, 3.8) is 0 Å². The molecule has 1 fully saturated rings. The van der Waals surface area contributed by atoms with Crippen LogP contribution in [0.5, 0.6) is 17.2 Å². The molecule has 0 spiro atoms. The van der Waals surface area contributed by atoms with E-state index >= 15 is 0 Å². The van der Waals surface area contributed by atoms with Crippen molar-refractivity contribution in [2.75, 3.05) is 56.5 Å². The summed E-state index contributed by atoms with van der Waals surface area (Å²) in [5, 5.41) is 129. The Morgan fingerprint density at radius 1 is 0.374 bits per heavy atom. The number of nitrogens with zero attached hydrogens (tertiary/aromatic N) is 1. The van der Waals surface area contributed by atoms with E-state index in [-0.39, 0.29) is 135 Å². The van der Waals surface area contributed by atoms with Gasteiger partial charge in [0.1, 0.15) is 96.0 Å². The highest BCUT2D eigenvalue weighted by Crippen LogP contribution is 2.23. The minimum atomic E-state index is -2.11. The van der Waals surface area contributed by atoms with Crippen LogP contribution in [0.4, 0.5) is 0 Å². The van der Waals surface area contributed by atoms with E-state index in [1.807, 2.05) is 0 Å².